The number of ether oxygens (including phenoxy) is 1. The first-order chi connectivity index (χ1) is 19.3. The number of allylic oxidation sites excluding steroid dienone is 2. The number of aliphatic carboxylic acids is 1. The number of nitrogens with zero attached hydrogens (tertiary/aromatic N) is 1. The van der Waals surface area contributed by atoms with Crippen LogP contribution in [0, 0.1) is 0 Å². The van der Waals surface area contributed by atoms with E-state index in [1.807, 2.05) is 28.6 Å². The number of hydrogen-bond donors (Lipinski definition) is 2. The maximum Gasteiger partial charge on any atom is 0.416 e. The number of rotatable bonds is 16. The van der Waals surface area contributed by atoms with E-state index in [0.29, 0.717) is 12.3 Å². The van der Waals surface area contributed by atoms with E-state index >= 15 is 0 Å². The van der Waals surface area contributed by atoms with Gasteiger partial charge in [0.05, 0.1) is 24.3 Å². The molecule has 1 atom stereocenters. The van der Waals surface area contributed by atoms with Crippen molar-refractivity contribution in [3.63, 3.8) is 0 Å². The van der Waals surface area contributed by atoms with Crippen LogP contribution < -0.4 is 10.5 Å². The molecular weight excluding hydrogens is 557 g/mol. The fraction of sp³-hybridized carbons (Fsp3) is 0.500. The van der Waals surface area contributed by atoms with Crippen LogP contribution in [0.15, 0.2) is 65.7 Å². The fourth-order valence-corrected chi connectivity index (χ4v) is 5.85. The summed E-state index contributed by atoms with van der Waals surface area (Å²) >= 11 is 2.96. The van der Waals surface area contributed by atoms with Crippen LogP contribution in [-0.4, -0.2) is 40.3 Å². The normalized spacial score (nSPS) is 14.9. The van der Waals surface area contributed by atoms with Gasteiger partial charge in [-0.2, -0.15) is 13.2 Å². The molecule has 1 aliphatic rings. The van der Waals surface area contributed by atoms with E-state index in [1.165, 1.54) is 75.3 Å². The van der Waals surface area contributed by atoms with Gasteiger partial charge in [0, 0.05) is 16.8 Å². The zero-order chi connectivity index (χ0) is 29.2. The number of carboxylic acid groups (broad SMARTS) is 1. The highest BCUT2D eigenvalue weighted by Crippen LogP contribution is 2.32. The fourth-order valence-electron chi connectivity index (χ4n) is 4.04. The van der Waals surface area contributed by atoms with E-state index in [2.05, 4.69) is 6.92 Å². The number of carboxylic acids is 1. The first-order valence-electron chi connectivity index (χ1n) is 13.8. The molecule has 2 aromatic rings. The second-order valence-electron chi connectivity index (χ2n) is 9.38. The van der Waals surface area contributed by atoms with Gasteiger partial charge < -0.3 is 20.5 Å². The maximum atomic E-state index is 12.8. The van der Waals surface area contributed by atoms with Crippen molar-refractivity contribution in [2.24, 2.45) is 5.73 Å². The van der Waals surface area contributed by atoms with Crippen molar-refractivity contribution < 1.29 is 27.8 Å². The quantitative estimate of drug-likeness (QED) is 0.189. The second-order valence-corrected chi connectivity index (χ2v) is 11.6. The second kappa shape index (κ2) is 18.8. The van der Waals surface area contributed by atoms with Crippen LogP contribution in [-0.2, 0) is 17.5 Å². The topological polar surface area (TPSA) is 75.8 Å². The van der Waals surface area contributed by atoms with Crippen LogP contribution in [0.2, 0.25) is 0 Å². The molecular formula is C30H41F3N2O3S2. The minimum Gasteiger partial charge on any atom is -0.493 e. The number of thioether (sulfide) groups is 1. The van der Waals surface area contributed by atoms with Gasteiger partial charge in [-0.15, -0.1) is 23.1 Å². The SMILES string of the molecule is CCCCCCCCCCN.O=C(O)C1=CC=CN(Cc2cccs2)C1SCCOc1cccc(C(F)(F)F)c1. The summed E-state index contributed by atoms with van der Waals surface area (Å²) in [4.78, 5) is 14.7. The van der Waals surface area contributed by atoms with Crippen molar-refractivity contribution in [1.82, 2.24) is 4.90 Å². The highest BCUT2D eigenvalue weighted by Gasteiger charge is 2.31. The maximum absolute atomic E-state index is 12.8. The van der Waals surface area contributed by atoms with Gasteiger partial charge in [0.25, 0.3) is 0 Å². The Bertz CT molecular complexity index is 1040. The molecule has 2 heterocycles. The minimum absolute atomic E-state index is 0.133. The van der Waals surface area contributed by atoms with Gasteiger partial charge >= 0.3 is 12.1 Å². The standard InChI is InChI=1S/C20H18F3NO3S2.C10H23N/c21-20(22,23)14-4-1-5-15(12-14)27-9-11-29-18-17(19(25)26)7-2-8-24(18)13-16-6-3-10-28-16;1-2-3-4-5-6-7-8-9-10-11/h1-8,10,12,18H,9,11,13H2,(H,25,26);2-11H2,1H3. The molecule has 1 aromatic carbocycles. The van der Waals surface area contributed by atoms with Gasteiger partial charge in [-0.3, -0.25) is 0 Å². The number of unbranched alkanes of at least 4 members (excludes halogenated alkanes) is 7. The molecule has 1 aliphatic heterocycles. The Kier molecular flexibility index (Phi) is 15.9. The van der Waals surface area contributed by atoms with Crippen molar-refractivity contribution in [3.8, 4) is 5.75 Å². The van der Waals surface area contributed by atoms with Crippen LogP contribution in [0.5, 0.6) is 5.75 Å². The third-order valence-corrected chi connectivity index (χ3v) is 8.24. The molecule has 0 radical (unpaired) electrons. The molecule has 3 rings (SSSR count). The molecule has 0 saturated carbocycles. The van der Waals surface area contributed by atoms with Crippen LogP contribution >= 0.6 is 23.1 Å². The molecule has 0 spiro atoms. The molecule has 0 bridgehead atoms. The highest BCUT2D eigenvalue weighted by molar-refractivity contribution is 8.00. The lowest BCUT2D eigenvalue weighted by atomic mass is 10.1. The third kappa shape index (κ3) is 12.8. The van der Waals surface area contributed by atoms with Crippen LogP contribution in [0.1, 0.15) is 68.7 Å². The summed E-state index contributed by atoms with van der Waals surface area (Å²) in [6.07, 6.45) is 11.7. The Morgan fingerprint density at radius 2 is 1.82 bits per heavy atom. The Morgan fingerprint density at radius 3 is 2.45 bits per heavy atom. The highest BCUT2D eigenvalue weighted by atomic mass is 32.2. The van der Waals surface area contributed by atoms with Crippen LogP contribution in [0.25, 0.3) is 0 Å². The number of hydrogen-bond acceptors (Lipinski definition) is 6. The van der Waals surface area contributed by atoms with Gasteiger partial charge in [0.1, 0.15) is 11.1 Å². The van der Waals surface area contributed by atoms with E-state index in [-0.39, 0.29) is 17.9 Å². The first-order valence-corrected chi connectivity index (χ1v) is 15.7. The van der Waals surface area contributed by atoms with Crippen LogP contribution in [0.3, 0.4) is 0 Å². The lowest BCUT2D eigenvalue weighted by Crippen LogP contribution is -2.34. The van der Waals surface area contributed by atoms with Gasteiger partial charge in [0.2, 0.25) is 0 Å². The summed E-state index contributed by atoms with van der Waals surface area (Å²) in [5.74, 6) is -0.449. The van der Waals surface area contributed by atoms with Crippen molar-refractivity contribution in [2.45, 2.75) is 76.4 Å². The summed E-state index contributed by atoms with van der Waals surface area (Å²) < 4.78 is 43.8. The lowest BCUT2D eigenvalue weighted by Gasteiger charge is -2.32. The van der Waals surface area contributed by atoms with E-state index in [4.69, 9.17) is 10.5 Å². The van der Waals surface area contributed by atoms with E-state index in [9.17, 15) is 23.1 Å². The largest absolute Gasteiger partial charge is 0.493 e. The Morgan fingerprint density at radius 1 is 1.10 bits per heavy atom. The van der Waals surface area contributed by atoms with E-state index in [0.717, 1.165) is 23.6 Å². The Hall–Kier alpha value is -2.43. The number of benzene rings is 1. The summed E-state index contributed by atoms with van der Waals surface area (Å²) in [6, 6.07) is 8.63. The number of thiophene rings is 1. The zero-order valence-electron chi connectivity index (χ0n) is 23.1. The zero-order valence-corrected chi connectivity index (χ0v) is 24.7. The van der Waals surface area contributed by atoms with Gasteiger partial charge in [0.15, 0.2) is 0 Å². The summed E-state index contributed by atoms with van der Waals surface area (Å²) in [7, 11) is 0. The summed E-state index contributed by atoms with van der Waals surface area (Å²) in [6.45, 7) is 3.86. The summed E-state index contributed by atoms with van der Waals surface area (Å²) in [5.41, 5.74) is 4.88. The average Bonchev–Trinajstić information content (AvgIpc) is 3.44. The molecule has 222 valence electrons. The summed E-state index contributed by atoms with van der Waals surface area (Å²) in [5, 5.41) is 11.1. The van der Waals surface area contributed by atoms with Gasteiger partial charge in [-0.25, -0.2) is 4.79 Å². The van der Waals surface area contributed by atoms with Gasteiger partial charge in [-0.1, -0.05) is 64.0 Å². The van der Waals surface area contributed by atoms with Crippen molar-refractivity contribution in [1.29, 1.82) is 0 Å². The van der Waals surface area contributed by atoms with Crippen molar-refractivity contribution in [3.05, 3.63) is 76.1 Å². The minimum atomic E-state index is -4.42. The average molecular weight is 599 g/mol. The van der Waals surface area contributed by atoms with Crippen molar-refractivity contribution >= 4 is 29.1 Å². The monoisotopic (exact) mass is 598 g/mol. The predicted molar refractivity (Wildman–Crippen MR) is 160 cm³/mol. The molecule has 5 nitrogen and oxygen atoms in total. The lowest BCUT2D eigenvalue weighted by molar-refractivity contribution is -0.137. The molecule has 3 N–H and O–H groups in total. The number of nitrogens with two attached hydrogens (primary N) is 1. The molecule has 10 heteroatoms. The van der Waals surface area contributed by atoms with Gasteiger partial charge in [-0.05, 0) is 54.8 Å². The number of halogens is 3. The molecule has 0 fully saturated rings. The number of carbonyl (C=O) groups is 1. The molecule has 0 amide bonds. The predicted octanol–water partition coefficient (Wildman–Crippen LogP) is 8.33. The number of alkyl halides is 3. The molecule has 1 unspecified atom stereocenters. The molecule has 40 heavy (non-hydrogen) atoms. The molecule has 1 aromatic heterocycles. The molecule has 0 aliphatic carbocycles. The van der Waals surface area contributed by atoms with Crippen molar-refractivity contribution in [2.75, 3.05) is 18.9 Å². The third-order valence-electron chi connectivity index (χ3n) is 6.13. The van der Waals surface area contributed by atoms with Crippen LogP contribution in [0.4, 0.5) is 13.2 Å². The van der Waals surface area contributed by atoms with E-state index in [1.54, 1.807) is 23.5 Å². The van der Waals surface area contributed by atoms with E-state index < -0.39 is 23.1 Å². The first kappa shape index (κ1) is 33.8. The Balaban J connectivity index is 0.000000432. The molecule has 0 saturated heterocycles. The Labute approximate surface area is 244 Å². The smallest absolute Gasteiger partial charge is 0.416 e.